The highest BCUT2D eigenvalue weighted by Crippen LogP contribution is 2.37. The molecule has 6 rings (SSSR count). The molecule has 4 aromatic heterocycles. The molecule has 0 radical (unpaired) electrons. The van der Waals surface area contributed by atoms with Crippen LogP contribution >= 0.6 is 0 Å². The van der Waals surface area contributed by atoms with Crippen LogP contribution in [-0.4, -0.2) is 35.1 Å². The Labute approximate surface area is 173 Å². The number of hydrogen-bond acceptors (Lipinski definition) is 6. The summed E-state index contributed by atoms with van der Waals surface area (Å²) in [5, 5.41) is 3.57. The number of hydrogen-bond donors (Lipinski definition) is 1. The summed E-state index contributed by atoms with van der Waals surface area (Å²) in [6.07, 6.45) is 11.1. The third-order valence-corrected chi connectivity index (χ3v) is 6.31. The first-order valence-corrected chi connectivity index (χ1v) is 10.7. The van der Waals surface area contributed by atoms with E-state index in [-0.39, 0.29) is 11.7 Å². The van der Waals surface area contributed by atoms with Gasteiger partial charge in [0.15, 0.2) is 11.3 Å². The second kappa shape index (κ2) is 6.90. The van der Waals surface area contributed by atoms with Crippen molar-refractivity contribution in [1.82, 2.24) is 29.1 Å². The molecule has 8 heteroatoms. The zero-order valence-corrected chi connectivity index (χ0v) is 16.6. The van der Waals surface area contributed by atoms with E-state index in [0.29, 0.717) is 12.1 Å². The number of fused-ring (bicyclic) bond motifs is 2. The van der Waals surface area contributed by atoms with Crippen molar-refractivity contribution in [3.63, 3.8) is 0 Å². The smallest absolute Gasteiger partial charge is 0.332 e. The van der Waals surface area contributed by atoms with E-state index in [1.807, 2.05) is 33.4 Å². The van der Waals surface area contributed by atoms with E-state index in [9.17, 15) is 4.79 Å². The van der Waals surface area contributed by atoms with Crippen LogP contribution in [0.1, 0.15) is 50.6 Å². The van der Waals surface area contributed by atoms with Crippen LogP contribution in [0.15, 0.2) is 47.7 Å². The molecule has 0 unspecified atom stereocenters. The molecule has 152 valence electrons. The normalized spacial score (nSPS) is 21.9. The third kappa shape index (κ3) is 2.94. The van der Waals surface area contributed by atoms with Crippen molar-refractivity contribution in [2.45, 2.75) is 56.7 Å². The summed E-state index contributed by atoms with van der Waals surface area (Å²) in [4.78, 5) is 31.2. The Hall–Kier alpha value is -3.29. The van der Waals surface area contributed by atoms with Gasteiger partial charge in [-0.2, -0.15) is 0 Å². The van der Waals surface area contributed by atoms with Crippen LogP contribution in [0.4, 0.5) is 5.82 Å². The highest BCUT2D eigenvalue weighted by Gasteiger charge is 2.33. The average molecular weight is 401 g/mol. The second-order valence-corrected chi connectivity index (χ2v) is 8.35. The minimum atomic E-state index is 0.0544. The van der Waals surface area contributed by atoms with E-state index in [0.717, 1.165) is 66.7 Å². The molecule has 0 spiro atoms. The topological polar surface area (TPSA) is 90.5 Å². The molecule has 0 aromatic carbocycles. The number of anilines is 1. The van der Waals surface area contributed by atoms with Gasteiger partial charge in [-0.3, -0.25) is 14.1 Å². The second-order valence-electron chi connectivity index (χ2n) is 8.35. The zero-order valence-electron chi connectivity index (χ0n) is 16.6. The van der Waals surface area contributed by atoms with Gasteiger partial charge < -0.3 is 5.32 Å². The number of nitrogens with one attached hydrogen (secondary N) is 1. The van der Waals surface area contributed by atoms with Crippen molar-refractivity contribution in [2.24, 2.45) is 0 Å². The van der Waals surface area contributed by atoms with Gasteiger partial charge in [-0.15, -0.1) is 0 Å². The Morgan fingerprint density at radius 1 is 0.767 bits per heavy atom. The Balaban J connectivity index is 1.22. The summed E-state index contributed by atoms with van der Waals surface area (Å²) >= 11 is 0. The number of nitrogens with zero attached hydrogens (tertiary/aromatic N) is 6. The third-order valence-electron chi connectivity index (χ3n) is 6.31. The van der Waals surface area contributed by atoms with Gasteiger partial charge in [-0.25, -0.2) is 19.7 Å². The molecule has 4 aromatic rings. The lowest BCUT2D eigenvalue weighted by Gasteiger charge is -2.30. The Morgan fingerprint density at radius 2 is 1.43 bits per heavy atom. The maximum absolute atomic E-state index is 13.2. The van der Waals surface area contributed by atoms with E-state index in [4.69, 9.17) is 0 Å². The van der Waals surface area contributed by atoms with E-state index in [1.165, 1.54) is 0 Å². The predicted octanol–water partition coefficient (Wildman–Crippen LogP) is 3.47. The summed E-state index contributed by atoms with van der Waals surface area (Å²) in [5.41, 5.74) is 3.32. The van der Waals surface area contributed by atoms with Crippen molar-refractivity contribution < 1.29 is 0 Å². The Bertz CT molecular complexity index is 1280. The summed E-state index contributed by atoms with van der Waals surface area (Å²) in [6, 6.07) is 8.69. The van der Waals surface area contributed by atoms with Gasteiger partial charge in [0, 0.05) is 36.7 Å². The summed E-state index contributed by atoms with van der Waals surface area (Å²) in [5.74, 6) is 0.882. The molecule has 30 heavy (non-hydrogen) atoms. The molecule has 0 aliphatic heterocycles. The van der Waals surface area contributed by atoms with Crippen LogP contribution in [0.2, 0.25) is 0 Å². The first kappa shape index (κ1) is 17.6. The highest BCUT2D eigenvalue weighted by atomic mass is 16.2. The van der Waals surface area contributed by atoms with Crippen LogP contribution in [-0.2, 0) is 0 Å². The Kier molecular flexibility index (Phi) is 4.04. The fourth-order valence-corrected chi connectivity index (χ4v) is 4.68. The largest absolute Gasteiger partial charge is 0.367 e. The SMILES string of the molecule is O=c1n(C2CCC(Nc3ccc4ncccc4n3)CC2)c2nccnc2n1C1CC1. The molecule has 4 heterocycles. The maximum Gasteiger partial charge on any atom is 0.332 e. The number of rotatable bonds is 4. The molecule has 0 bridgehead atoms. The van der Waals surface area contributed by atoms with Crippen LogP contribution in [0, 0.1) is 0 Å². The van der Waals surface area contributed by atoms with E-state index in [2.05, 4.69) is 25.3 Å². The maximum atomic E-state index is 13.2. The first-order valence-electron chi connectivity index (χ1n) is 10.7. The molecule has 2 aliphatic carbocycles. The molecule has 0 amide bonds. The van der Waals surface area contributed by atoms with Crippen LogP contribution in [0.25, 0.3) is 22.3 Å². The molecule has 2 aliphatic rings. The molecule has 1 N–H and O–H groups in total. The van der Waals surface area contributed by atoms with Crippen LogP contribution < -0.4 is 11.0 Å². The molecule has 0 saturated heterocycles. The lowest BCUT2D eigenvalue weighted by Crippen LogP contribution is -2.33. The average Bonchev–Trinajstić information content (AvgIpc) is 3.57. The predicted molar refractivity (Wildman–Crippen MR) is 115 cm³/mol. The van der Waals surface area contributed by atoms with Crippen LogP contribution in [0.3, 0.4) is 0 Å². The fraction of sp³-hybridized carbons (Fsp3) is 0.409. The lowest BCUT2D eigenvalue weighted by molar-refractivity contribution is 0.330. The fourth-order valence-electron chi connectivity index (χ4n) is 4.68. The van der Waals surface area contributed by atoms with Crippen molar-refractivity contribution in [1.29, 1.82) is 0 Å². The monoisotopic (exact) mass is 401 g/mol. The Morgan fingerprint density at radius 3 is 2.10 bits per heavy atom. The summed E-state index contributed by atoms with van der Waals surface area (Å²) in [7, 11) is 0. The van der Waals surface area contributed by atoms with Gasteiger partial charge in [0.25, 0.3) is 0 Å². The van der Waals surface area contributed by atoms with Gasteiger partial charge in [0.1, 0.15) is 5.82 Å². The number of imidazole rings is 1. The van der Waals surface area contributed by atoms with E-state index in [1.54, 1.807) is 18.6 Å². The van der Waals surface area contributed by atoms with Gasteiger partial charge >= 0.3 is 5.69 Å². The molecule has 8 nitrogen and oxygen atoms in total. The van der Waals surface area contributed by atoms with Crippen molar-refractivity contribution in [3.05, 3.63) is 53.3 Å². The van der Waals surface area contributed by atoms with Crippen molar-refractivity contribution in [2.75, 3.05) is 5.32 Å². The van der Waals surface area contributed by atoms with Crippen LogP contribution in [0.5, 0.6) is 0 Å². The molecule has 2 saturated carbocycles. The highest BCUT2D eigenvalue weighted by molar-refractivity contribution is 5.75. The zero-order chi connectivity index (χ0) is 20.1. The minimum absolute atomic E-state index is 0.0544. The summed E-state index contributed by atoms with van der Waals surface area (Å²) < 4.78 is 3.76. The number of aromatic nitrogens is 6. The van der Waals surface area contributed by atoms with Gasteiger partial charge in [0.05, 0.1) is 11.0 Å². The van der Waals surface area contributed by atoms with Crippen molar-refractivity contribution >= 4 is 28.1 Å². The van der Waals surface area contributed by atoms with Gasteiger partial charge in [-0.1, -0.05) is 0 Å². The molecule has 0 atom stereocenters. The quantitative estimate of drug-likeness (QED) is 0.563. The molecular weight excluding hydrogens is 378 g/mol. The first-order chi connectivity index (χ1) is 14.8. The lowest BCUT2D eigenvalue weighted by atomic mass is 9.91. The van der Waals surface area contributed by atoms with Crippen molar-refractivity contribution in [3.8, 4) is 0 Å². The van der Waals surface area contributed by atoms with Gasteiger partial charge in [0.2, 0.25) is 0 Å². The van der Waals surface area contributed by atoms with Gasteiger partial charge in [-0.05, 0) is 62.8 Å². The summed E-state index contributed by atoms with van der Waals surface area (Å²) in [6.45, 7) is 0. The molecular formula is C22H23N7O. The van der Waals surface area contributed by atoms with E-state index < -0.39 is 0 Å². The molecule has 2 fully saturated rings. The number of pyridine rings is 2. The van der Waals surface area contributed by atoms with E-state index >= 15 is 0 Å². The minimum Gasteiger partial charge on any atom is -0.367 e. The standard InChI is InChI=1S/C22H23N7O/c30-22-28(20-21(25-13-12-24-20)29(22)16-7-8-16)15-5-3-14(4-6-15)26-19-10-9-17-18(27-19)2-1-11-23-17/h1-2,9-16H,3-8H2,(H,26,27).